The van der Waals surface area contributed by atoms with E-state index in [1.54, 1.807) is 42.5 Å². The normalized spacial score (nSPS) is 10.5. The largest absolute Gasteiger partial charge is 0.461 e. The van der Waals surface area contributed by atoms with E-state index in [1.807, 2.05) is 6.07 Å². The van der Waals surface area contributed by atoms with E-state index in [4.69, 9.17) is 16.0 Å². The number of halogens is 1. The molecule has 0 bridgehead atoms. The number of thiophene rings is 1. The van der Waals surface area contributed by atoms with Crippen LogP contribution in [0.25, 0.3) is 0 Å². The second-order valence-corrected chi connectivity index (χ2v) is 6.31. The Morgan fingerprint density at radius 3 is 2.65 bits per heavy atom. The minimum atomic E-state index is -0.247. The van der Waals surface area contributed by atoms with Crippen LogP contribution in [-0.2, 0) is 6.54 Å². The summed E-state index contributed by atoms with van der Waals surface area (Å²) in [5.41, 5.74) is 0.428. The van der Waals surface area contributed by atoms with E-state index < -0.39 is 0 Å². The fraction of sp³-hybridized carbons (Fsp3) is 0.0588. The molecule has 6 heteroatoms. The third-order valence-corrected chi connectivity index (χ3v) is 4.59. The third kappa shape index (κ3) is 3.52. The van der Waals surface area contributed by atoms with Crippen LogP contribution in [0.5, 0.6) is 0 Å². The first-order valence-corrected chi connectivity index (χ1v) is 8.04. The molecule has 0 aliphatic carbocycles. The molecule has 0 saturated carbocycles. The Labute approximate surface area is 141 Å². The molecule has 23 heavy (non-hydrogen) atoms. The van der Waals surface area contributed by atoms with Gasteiger partial charge >= 0.3 is 0 Å². The number of amides is 1. The topological polar surface area (TPSA) is 59.3 Å². The first kappa shape index (κ1) is 15.5. The van der Waals surface area contributed by atoms with Crippen LogP contribution >= 0.6 is 22.9 Å². The number of benzene rings is 1. The number of carbonyl (C=O) groups is 2. The summed E-state index contributed by atoms with van der Waals surface area (Å²) < 4.78 is 5.10. The van der Waals surface area contributed by atoms with Crippen LogP contribution in [-0.4, -0.2) is 11.7 Å². The van der Waals surface area contributed by atoms with Crippen molar-refractivity contribution >= 4 is 34.6 Å². The van der Waals surface area contributed by atoms with E-state index in [9.17, 15) is 9.59 Å². The Kier molecular flexibility index (Phi) is 4.60. The quantitative estimate of drug-likeness (QED) is 0.706. The summed E-state index contributed by atoms with van der Waals surface area (Å²) in [5, 5.41) is 3.20. The van der Waals surface area contributed by atoms with Crippen molar-refractivity contribution in [3.8, 4) is 0 Å². The van der Waals surface area contributed by atoms with E-state index in [2.05, 4.69) is 5.32 Å². The fourth-order valence-corrected chi connectivity index (χ4v) is 3.15. The second kappa shape index (κ2) is 6.81. The van der Waals surface area contributed by atoms with Gasteiger partial charge in [-0.1, -0.05) is 23.7 Å². The van der Waals surface area contributed by atoms with E-state index >= 15 is 0 Å². The van der Waals surface area contributed by atoms with Crippen LogP contribution in [0.15, 0.2) is 59.2 Å². The highest BCUT2D eigenvalue weighted by Gasteiger charge is 2.15. The molecule has 3 rings (SSSR count). The standard InChI is InChI=1S/C17H12ClNO3S/c18-13-5-2-1-4-12(13)17(21)19-10-11-7-8-15(23-11)16(20)14-6-3-9-22-14/h1-9H,10H2,(H,19,21). The van der Waals surface area contributed by atoms with Crippen molar-refractivity contribution in [1.82, 2.24) is 5.32 Å². The number of furan rings is 1. The van der Waals surface area contributed by atoms with E-state index in [1.165, 1.54) is 17.6 Å². The third-order valence-electron chi connectivity index (χ3n) is 3.17. The highest BCUT2D eigenvalue weighted by Crippen LogP contribution is 2.21. The number of hydrogen-bond acceptors (Lipinski definition) is 4. The highest BCUT2D eigenvalue weighted by atomic mass is 35.5. The molecule has 1 amide bonds. The SMILES string of the molecule is O=C(c1ccco1)c1ccc(CNC(=O)c2ccccc2Cl)s1. The zero-order chi connectivity index (χ0) is 16.2. The Hall–Kier alpha value is -2.37. The molecule has 116 valence electrons. The lowest BCUT2D eigenvalue weighted by Crippen LogP contribution is -2.22. The molecule has 0 saturated heterocycles. The highest BCUT2D eigenvalue weighted by molar-refractivity contribution is 7.14. The van der Waals surface area contributed by atoms with Gasteiger partial charge in [0.2, 0.25) is 5.78 Å². The van der Waals surface area contributed by atoms with Gasteiger partial charge in [-0.25, -0.2) is 0 Å². The summed E-state index contributed by atoms with van der Waals surface area (Å²) in [7, 11) is 0. The molecule has 1 N–H and O–H groups in total. The molecule has 0 spiro atoms. The number of carbonyl (C=O) groups excluding carboxylic acids is 2. The van der Waals surface area contributed by atoms with Crippen LogP contribution in [0, 0.1) is 0 Å². The van der Waals surface area contributed by atoms with Gasteiger partial charge in [-0.05, 0) is 36.4 Å². The molecule has 2 heterocycles. The fourth-order valence-electron chi connectivity index (χ4n) is 2.03. The zero-order valence-electron chi connectivity index (χ0n) is 11.9. The Morgan fingerprint density at radius 2 is 1.91 bits per heavy atom. The van der Waals surface area contributed by atoms with Gasteiger partial charge in [0.1, 0.15) is 0 Å². The lowest BCUT2D eigenvalue weighted by molar-refractivity contribution is 0.0950. The van der Waals surface area contributed by atoms with Gasteiger partial charge in [-0.15, -0.1) is 11.3 Å². The summed E-state index contributed by atoms with van der Waals surface area (Å²) in [6.07, 6.45) is 1.46. The average molecular weight is 346 g/mol. The minimum Gasteiger partial charge on any atom is -0.461 e. The second-order valence-electron chi connectivity index (χ2n) is 4.73. The summed E-state index contributed by atoms with van der Waals surface area (Å²) in [5.74, 6) is -0.106. The molecule has 0 aliphatic rings. The molecule has 3 aromatic rings. The number of ketones is 1. The van der Waals surface area contributed by atoms with Crippen molar-refractivity contribution in [3.63, 3.8) is 0 Å². The van der Waals surface area contributed by atoms with E-state index in [0.29, 0.717) is 27.8 Å². The Balaban J connectivity index is 1.65. The summed E-state index contributed by atoms with van der Waals surface area (Å²) >= 11 is 7.31. The van der Waals surface area contributed by atoms with Crippen molar-refractivity contribution in [2.45, 2.75) is 6.54 Å². The van der Waals surface area contributed by atoms with Crippen molar-refractivity contribution < 1.29 is 14.0 Å². The van der Waals surface area contributed by atoms with Crippen LogP contribution in [0.1, 0.15) is 30.7 Å². The van der Waals surface area contributed by atoms with Crippen LogP contribution in [0.2, 0.25) is 5.02 Å². The smallest absolute Gasteiger partial charge is 0.253 e. The maximum Gasteiger partial charge on any atom is 0.253 e. The van der Waals surface area contributed by atoms with Crippen LogP contribution < -0.4 is 5.32 Å². The maximum atomic E-state index is 12.1. The van der Waals surface area contributed by atoms with Crippen molar-refractivity contribution in [1.29, 1.82) is 0 Å². The van der Waals surface area contributed by atoms with Crippen molar-refractivity contribution in [2.24, 2.45) is 0 Å². The van der Waals surface area contributed by atoms with Crippen molar-refractivity contribution in [3.05, 3.63) is 80.9 Å². The maximum absolute atomic E-state index is 12.1. The lowest BCUT2D eigenvalue weighted by Gasteiger charge is -2.05. The van der Waals surface area contributed by atoms with Crippen molar-refractivity contribution in [2.75, 3.05) is 0 Å². The summed E-state index contributed by atoms with van der Waals surface area (Å²) in [6.45, 7) is 0.333. The van der Waals surface area contributed by atoms with E-state index in [0.717, 1.165) is 4.88 Å². The van der Waals surface area contributed by atoms with Gasteiger partial charge in [0.25, 0.3) is 5.91 Å². The summed E-state index contributed by atoms with van der Waals surface area (Å²) in [6, 6.07) is 13.7. The molecule has 1 aromatic carbocycles. The van der Waals surface area contributed by atoms with E-state index in [-0.39, 0.29) is 11.7 Å². The monoisotopic (exact) mass is 345 g/mol. The average Bonchev–Trinajstić information content (AvgIpc) is 3.24. The van der Waals surface area contributed by atoms with Gasteiger partial charge in [0.15, 0.2) is 5.76 Å². The van der Waals surface area contributed by atoms with Gasteiger partial charge in [-0.3, -0.25) is 9.59 Å². The molecule has 2 aromatic heterocycles. The first-order chi connectivity index (χ1) is 11.1. The predicted molar refractivity (Wildman–Crippen MR) is 89.1 cm³/mol. The predicted octanol–water partition coefficient (Wildman–Crippen LogP) is 4.16. The lowest BCUT2D eigenvalue weighted by atomic mass is 10.2. The van der Waals surface area contributed by atoms with Gasteiger partial charge in [0.05, 0.1) is 28.3 Å². The molecule has 0 radical (unpaired) electrons. The Morgan fingerprint density at radius 1 is 1.09 bits per heavy atom. The first-order valence-electron chi connectivity index (χ1n) is 6.85. The zero-order valence-corrected chi connectivity index (χ0v) is 13.5. The van der Waals surface area contributed by atoms with Crippen LogP contribution in [0.3, 0.4) is 0 Å². The molecule has 0 atom stereocenters. The number of hydrogen-bond donors (Lipinski definition) is 1. The molecule has 4 nitrogen and oxygen atoms in total. The Bertz CT molecular complexity index is 839. The molecule has 0 fully saturated rings. The van der Waals surface area contributed by atoms with Crippen LogP contribution in [0.4, 0.5) is 0 Å². The minimum absolute atomic E-state index is 0.163. The molecule has 0 unspecified atom stereocenters. The molecular formula is C17H12ClNO3S. The van der Waals surface area contributed by atoms with Gasteiger partial charge in [-0.2, -0.15) is 0 Å². The number of rotatable bonds is 5. The number of nitrogens with one attached hydrogen (secondary N) is 1. The van der Waals surface area contributed by atoms with Gasteiger partial charge < -0.3 is 9.73 Å². The van der Waals surface area contributed by atoms with Gasteiger partial charge in [0, 0.05) is 4.88 Å². The molecular weight excluding hydrogens is 334 g/mol. The summed E-state index contributed by atoms with van der Waals surface area (Å²) in [4.78, 5) is 25.7. The molecule has 0 aliphatic heterocycles.